The van der Waals surface area contributed by atoms with Crippen LogP contribution in [0.2, 0.25) is 0 Å². The van der Waals surface area contributed by atoms with E-state index in [4.69, 9.17) is 15.7 Å². The molecule has 1 saturated heterocycles. The van der Waals surface area contributed by atoms with Crippen LogP contribution in [0.4, 0.5) is 10.7 Å². The number of rotatable bonds is 3. The second kappa shape index (κ2) is 5.04. The first kappa shape index (κ1) is 13.0. The highest BCUT2D eigenvalue weighted by atomic mass is 32.1. The van der Waals surface area contributed by atoms with E-state index < -0.39 is 0 Å². The minimum absolute atomic E-state index is 0.466. The summed E-state index contributed by atoms with van der Waals surface area (Å²) in [6.07, 6.45) is 1.12. The highest BCUT2D eigenvalue weighted by Gasteiger charge is 2.29. The summed E-state index contributed by atoms with van der Waals surface area (Å²) in [4.78, 5) is 5.02. The summed E-state index contributed by atoms with van der Waals surface area (Å²) in [6, 6.07) is 2.67. The monoisotopic (exact) mass is 266 g/mol. The van der Waals surface area contributed by atoms with Crippen LogP contribution in [0, 0.1) is 11.3 Å². The Balaban J connectivity index is 2.27. The summed E-state index contributed by atoms with van der Waals surface area (Å²) in [5.41, 5.74) is 6.38. The summed E-state index contributed by atoms with van der Waals surface area (Å²) < 4.78 is 5.35. The number of hydrogen-bond acceptors (Lipinski definition) is 6. The van der Waals surface area contributed by atoms with Crippen molar-refractivity contribution < 1.29 is 4.74 Å². The van der Waals surface area contributed by atoms with Gasteiger partial charge in [-0.15, -0.1) is 11.3 Å². The summed E-state index contributed by atoms with van der Waals surface area (Å²) >= 11 is 1.42. The van der Waals surface area contributed by atoms with E-state index in [0.29, 0.717) is 22.4 Å². The molecule has 1 unspecified atom stereocenters. The number of nitrogens with two attached hydrogens (primary N) is 1. The van der Waals surface area contributed by atoms with Crippen LogP contribution in [-0.4, -0.2) is 45.2 Å². The number of nitrogen functional groups attached to an aromatic ring is 1. The van der Waals surface area contributed by atoms with Crippen molar-refractivity contribution in [2.24, 2.45) is 0 Å². The molecule has 0 radical (unpaired) electrons. The van der Waals surface area contributed by atoms with Gasteiger partial charge >= 0.3 is 0 Å². The maximum atomic E-state index is 9.03. The van der Waals surface area contributed by atoms with Crippen molar-refractivity contribution in [1.29, 1.82) is 5.26 Å². The predicted molar refractivity (Wildman–Crippen MR) is 74.3 cm³/mol. The van der Waals surface area contributed by atoms with Crippen LogP contribution in [-0.2, 0) is 0 Å². The first-order valence-electron chi connectivity index (χ1n) is 5.86. The third-order valence-corrected chi connectivity index (χ3v) is 4.52. The summed E-state index contributed by atoms with van der Waals surface area (Å²) in [5.74, 6) is 0.649. The SMILES string of the molecule is COc1c(N2CCC(N(C)C)C2)sc(C#N)c1N. The van der Waals surface area contributed by atoms with Crippen molar-refractivity contribution in [3.05, 3.63) is 4.88 Å². The molecule has 0 spiro atoms. The molecule has 18 heavy (non-hydrogen) atoms. The zero-order valence-electron chi connectivity index (χ0n) is 10.9. The Labute approximate surface area is 111 Å². The molecule has 1 aromatic rings. The molecule has 2 rings (SSSR count). The van der Waals surface area contributed by atoms with Crippen molar-refractivity contribution in [3.8, 4) is 11.8 Å². The molecular weight excluding hydrogens is 248 g/mol. The minimum atomic E-state index is 0.466. The third kappa shape index (κ3) is 2.11. The van der Waals surface area contributed by atoms with E-state index in [1.165, 1.54) is 11.3 Å². The van der Waals surface area contributed by atoms with Gasteiger partial charge in [0.1, 0.15) is 21.6 Å². The van der Waals surface area contributed by atoms with Crippen LogP contribution in [0.1, 0.15) is 11.3 Å². The molecule has 1 atom stereocenters. The molecule has 98 valence electrons. The molecule has 0 bridgehead atoms. The van der Waals surface area contributed by atoms with Gasteiger partial charge in [0.2, 0.25) is 0 Å². The Bertz CT molecular complexity index is 477. The third-order valence-electron chi connectivity index (χ3n) is 3.37. The van der Waals surface area contributed by atoms with Crippen LogP contribution in [0.5, 0.6) is 5.75 Å². The van der Waals surface area contributed by atoms with Crippen molar-refractivity contribution >= 4 is 22.0 Å². The fourth-order valence-corrected chi connectivity index (χ4v) is 3.28. The normalized spacial score (nSPS) is 19.3. The number of nitriles is 1. The molecule has 1 aromatic heterocycles. The van der Waals surface area contributed by atoms with Crippen molar-refractivity contribution in [1.82, 2.24) is 4.90 Å². The predicted octanol–water partition coefficient (Wildman–Crippen LogP) is 1.35. The maximum Gasteiger partial charge on any atom is 0.177 e. The molecule has 1 aliphatic rings. The quantitative estimate of drug-likeness (QED) is 0.894. The number of anilines is 2. The number of ether oxygens (including phenoxy) is 1. The van der Waals surface area contributed by atoms with E-state index >= 15 is 0 Å². The van der Waals surface area contributed by atoms with Crippen LogP contribution in [0.25, 0.3) is 0 Å². The van der Waals surface area contributed by atoms with Gasteiger partial charge in [0.05, 0.1) is 7.11 Å². The van der Waals surface area contributed by atoms with E-state index in [-0.39, 0.29) is 0 Å². The van der Waals surface area contributed by atoms with E-state index in [9.17, 15) is 0 Å². The van der Waals surface area contributed by atoms with Crippen LogP contribution < -0.4 is 15.4 Å². The molecule has 6 heteroatoms. The molecule has 0 amide bonds. The number of nitrogens with zero attached hydrogens (tertiary/aromatic N) is 3. The van der Waals surface area contributed by atoms with Gasteiger partial charge in [0.25, 0.3) is 0 Å². The average Bonchev–Trinajstić information content (AvgIpc) is 2.93. The largest absolute Gasteiger partial charge is 0.492 e. The molecule has 2 heterocycles. The Kier molecular flexibility index (Phi) is 3.64. The van der Waals surface area contributed by atoms with E-state index in [2.05, 4.69) is 30.0 Å². The molecule has 1 fully saturated rings. The summed E-state index contributed by atoms with van der Waals surface area (Å²) in [6.45, 7) is 1.93. The second-order valence-electron chi connectivity index (χ2n) is 4.65. The average molecular weight is 266 g/mol. The Morgan fingerprint density at radius 1 is 1.56 bits per heavy atom. The molecular formula is C12H18N4OS. The maximum absolute atomic E-state index is 9.03. The lowest BCUT2D eigenvalue weighted by Crippen LogP contribution is -2.31. The molecule has 0 aromatic carbocycles. The lowest BCUT2D eigenvalue weighted by molar-refractivity contribution is 0.315. The summed E-state index contributed by atoms with van der Waals surface area (Å²) in [5, 5.41) is 10.0. The number of likely N-dealkylation sites (N-methyl/N-ethyl adjacent to an activating group) is 1. The van der Waals surface area contributed by atoms with E-state index in [0.717, 1.165) is 24.5 Å². The lowest BCUT2D eigenvalue weighted by Gasteiger charge is -2.21. The minimum Gasteiger partial charge on any atom is -0.492 e. The fraction of sp³-hybridized carbons (Fsp3) is 0.583. The zero-order valence-corrected chi connectivity index (χ0v) is 11.8. The van der Waals surface area contributed by atoms with Gasteiger partial charge in [-0.25, -0.2) is 0 Å². The standard InChI is InChI=1S/C12H18N4OS/c1-15(2)8-4-5-16(7-8)12-11(17-3)10(14)9(6-13)18-12/h8H,4-5,7,14H2,1-3H3. The van der Waals surface area contributed by atoms with Crippen molar-refractivity contribution in [2.45, 2.75) is 12.5 Å². The molecule has 2 N–H and O–H groups in total. The fourth-order valence-electron chi connectivity index (χ4n) is 2.25. The Morgan fingerprint density at radius 2 is 2.28 bits per heavy atom. The first-order chi connectivity index (χ1) is 8.58. The van der Waals surface area contributed by atoms with Gasteiger partial charge in [-0.1, -0.05) is 0 Å². The van der Waals surface area contributed by atoms with Crippen molar-refractivity contribution in [3.63, 3.8) is 0 Å². The number of methoxy groups -OCH3 is 1. The Hall–Kier alpha value is -1.45. The molecule has 0 aliphatic carbocycles. The van der Waals surface area contributed by atoms with Gasteiger partial charge < -0.3 is 20.3 Å². The second-order valence-corrected chi connectivity index (χ2v) is 5.65. The number of thiophene rings is 1. The molecule has 0 saturated carbocycles. The smallest absolute Gasteiger partial charge is 0.177 e. The van der Waals surface area contributed by atoms with Gasteiger partial charge in [0, 0.05) is 19.1 Å². The van der Waals surface area contributed by atoms with Crippen LogP contribution in [0.15, 0.2) is 0 Å². The number of hydrogen-bond donors (Lipinski definition) is 1. The highest BCUT2D eigenvalue weighted by Crippen LogP contribution is 2.45. The first-order valence-corrected chi connectivity index (χ1v) is 6.67. The van der Waals surface area contributed by atoms with E-state index in [1.54, 1.807) is 7.11 Å². The highest BCUT2D eigenvalue weighted by molar-refractivity contribution is 7.17. The van der Waals surface area contributed by atoms with Crippen LogP contribution >= 0.6 is 11.3 Å². The lowest BCUT2D eigenvalue weighted by atomic mass is 10.2. The van der Waals surface area contributed by atoms with Gasteiger partial charge in [-0.2, -0.15) is 5.26 Å². The van der Waals surface area contributed by atoms with Crippen LogP contribution in [0.3, 0.4) is 0 Å². The van der Waals surface area contributed by atoms with Gasteiger partial charge in [0.15, 0.2) is 5.75 Å². The van der Waals surface area contributed by atoms with Gasteiger partial charge in [-0.3, -0.25) is 0 Å². The molecule has 5 nitrogen and oxygen atoms in total. The van der Waals surface area contributed by atoms with Gasteiger partial charge in [-0.05, 0) is 20.5 Å². The molecule has 1 aliphatic heterocycles. The zero-order chi connectivity index (χ0) is 13.3. The summed E-state index contributed by atoms with van der Waals surface area (Å²) in [7, 11) is 5.78. The van der Waals surface area contributed by atoms with Crippen molar-refractivity contribution in [2.75, 3.05) is 44.9 Å². The topological polar surface area (TPSA) is 65.5 Å². The van der Waals surface area contributed by atoms with E-state index in [1.807, 2.05) is 0 Å². The Morgan fingerprint density at radius 3 is 2.78 bits per heavy atom.